The second kappa shape index (κ2) is 5.05. The zero-order valence-corrected chi connectivity index (χ0v) is 7.86. The second-order valence-electron chi connectivity index (χ2n) is 2.64. The van der Waals surface area contributed by atoms with Crippen molar-refractivity contribution in [2.24, 2.45) is 5.73 Å². The van der Waals surface area contributed by atoms with E-state index >= 15 is 0 Å². The summed E-state index contributed by atoms with van der Waals surface area (Å²) in [7, 11) is 1.28. The van der Waals surface area contributed by atoms with E-state index in [9.17, 15) is 4.79 Å². The van der Waals surface area contributed by atoms with Crippen LogP contribution in [-0.4, -0.2) is 19.1 Å². The van der Waals surface area contributed by atoms with Crippen molar-refractivity contribution in [3.8, 4) is 11.8 Å². The molecule has 3 heteroatoms. The van der Waals surface area contributed by atoms with Crippen LogP contribution < -0.4 is 5.73 Å². The summed E-state index contributed by atoms with van der Waals surface area (Å²) in [5.41, 5.74) is 6.25. The van der Waals surface area contributed by atoms with Gasteiger partial charge in [-0.2, -0.15) is 0 Å². The van der Waals surface area contributed by atoms with Crippen LogP contribution in [-0.2, 0) is 9.53 Å². The summed E-state index contributed by atoms with van der Waals surface area (Å²) < 4.78 is 4.43. The van der Waals surface area contributed by atoms with Crippen molar-refractivity contribution in [3.05, 3.63) is 35.9 Å². The highest BCUT2D eigenvalue weighted by Crippen LogP contribution is 1.95. The zero-order valence-electron chi connectivity index (χ0n) is 7.86. The molecule has 0 saturated heterocycles. The van der Waals surface area contributed by atoms with E-state index in [2.05, 4.69) is 16.6 Å². The van der Waals surface area contributed by atoms with E-state index in [1.807, 2.05) is 30.3 Å². The molecule has 72 valence electrons. The number of rotatable bonds is 1. The lowest BCUT2D eigenvalue weighted by atomic mass is 10.2. The molecule has 0 aromatic heterocycles. The number of hydrogen-bond acceptors (Lipinski definition) is 3. The summed E-state index contributed by atoms with van der Waals surface area (Å²) in [6.07, 6.45) is 0. The lowest BCUT2D eigenvalue weighted by Crippen LogP contribution is -2.29. The summed E-state index contributed by atoms with van der Waals surface area (Å²) >= 11 is 0. The van der Waals surface area contributed by atoms with Gasteiger partial charge in [-0.1, -0.05) is 30.0 Å². The molecule has 0 aliphatic heterocycles. The first-order valence-corrected chi connectivity index (χ1v) is 4.14. The van der Waals surface area contributed by atoms with Gasteiger partial charge in [0.05, 0.1) is 7.11 Å². The Morgan fingerprint density at radius 1 is 1.43 bits per heavy atom. The summed E-state index contributed by atoms with van der Waals surface area (Å²) in [4.78, 5) is 10.9. The van der Waals surface area contributed by atoms with E-state index in [4.69, 9.17) is 5.73 Å². The molecule has 1 atom stereocenters. The first-order valence-electron chi connectivity index (χ1n) is 4.14. The van der Waals surface area contributed by atoms with Crippen LogP contribution in [0, 0.1) is 11.8 Å². The number of methoxy groups -OCH3 is 1. The van der Waals surface area contributed by atoms with E-state index < -0.39 is 12.0 Å². The molecule has 0 aliphatic carbocycles. The van der Waals surface area contributed by atoms with Crippen LogP contribution in [0.4, 0.5) is 0 Å². The summed E-state index contributed by atoms with van der Waals surface area (Å²) in [5, 5.41) is 0. The molecule has 0 saturated carbocycles. The summed E-state index contributed by atoms with van der Waals surface area (Å²) in [6, 6.07) is 8.45. The third-order valence-electron chi connectivity index (χ3n) is 1.60. The second-order valence-corrected chi connectivity index (χ2v) is 2.64. The monoisotopic (exact) mass is 189 g/mol. The van der Waals surface area contributed by atoms with Crippen LogP contribution in [0.25, 0.3) is 0 Å². The summed E-state index contributed by atoms with van der Waals surface area (Å²) in [6.45, 7) is 0. The lowest BCUT2D eigenvalue weighted by Gasteiger charge is -1.99. The van der Waals surface area contributed by atoms with Gasteiger partial charge < -0.3 is 10.5 Å². The zero-order chi connectivity index (χ0) is 10.4. The Balaban J connectivity index is 2.69. The van der Waals surface area contributed by atoms with E-state index in [0.717, 1.165) is 5.56 Å². The van der Waals surface area contributed by atoms with Crippen LogP contribution in [0.2, 0.25) is 0 Å². The topological polar surface area (TPSA) is 52.3 Å². The fraction of sp³-hybridized carbons (Fsp3) is 0.182. The predicted molar refractivity (Wildman–Crippen MR) is 53.3 cm³/mol. The highest BCUT2D eigenvalue weighted by molar-refractivity contribution is 5.79. The Morgan fingerprint density at radius 2 is 2.07 bits per heavy atom. The van der Waals surface area contributed by atoms with Crippen molar-refractivity contribution < 1.29 is 9.53 Å². The third kappa shape index (κ3) is 2.92. The molecule has 0 amide bonds. The smallest absolute Gasteiger partial charge is 0.335 e. The van der Waals surface area contributed by atoms with E-state index in [1.165, 1.54) is 7.11 Å². The maximum atomic E-state index is 10.9. The van der Waals surface area contributed by atoms with Gasteiger partial charge in [0.1, 0.15) is 0 Å². The number of carbonyl (C=O) groups excluding carboxylic acids is 1. The number of carbonyl (C=O) groups is 1. The van der Waals surface area contributed by atoms with E-state index in [1.54, 1.807) is 0 Å². The van der Waals surface area contributed by atoms with Gasteiger partial charge in [0, 0.05) is 5.56 Å². The highest BCUT2D eigenvalue weighted by Gasteiger charge is 2.08. The van der Waals surface area contributed by atoms with Crippen molar-refractivity contribution in [1.82, 2.24) is 0 Å². The minimum atomic E-state index is -0.875. The molecule has 2 N–H and O–H groups in total. The number of nitrogens with two attached hydrogens (primary N) is 1. The van der Waals surface area contributed by atoms with Crippen LogP contribution in [0.1, 0.15) is 5.56 Å². The predicted octanol–water partition coefficient (Wildman–Crippen LogP) is 0.538. The number of ether oxygens (including phenoxy) is 1. The third-order valence-corrected chi connectivity index (χ3v) is 1.60. The maximum Gasteiger partial charge on any atom is 0.335 e. The Kier molecular flexibility index (Phi) is 3.71. The highest BCUT2D eigenvalue weighted by atomic mass is 16.5. The Hall–Kier alpha value is -1.79. The molecular weight excluding hydrogens is 178 g/mol. The molecule has 3 nitrogen and oxygen atoms in total. The van der Waals surface area contributed by atoms with Crippen molar-refractivity contribution in [2.75, 3.05) is 7.11 Å². The Labute approximate surface area is 82.9 Å². The molecule has 0 unspecified atom stereocenters. The molecule has 1 rings (SSSR count). The van der Waals surface area contributed by atoms with Crippen molar-refractivity contribution >= 4 is 5.97 Å². The van der Waals surface area contributed by atoms with Crippen LogP contribution >= 0.6 is 0 Å². The van der Waals surface area contributed by atoms with Gasteiger partial charge in [-0.05, 0) is 12.1 Å². The van der Waals surface area contributed by atoms with E-state index in [-0.39, 0.29) is 0 Å². The molecule has 14 heavy (non-hydrogen) atoms. The SMILES string of the molecule is COC(=O)[C@@H](N)C#Cc1ccccc1. The van der Waals surface area contributed by atoms with Crippen molar-refractivity contribution in [1.29, 1.82) is 0 Å². The lowest BCUT2D eigenvalue weighted by molar-refractivity contribution is -0.140. The van der Waals surface area contributed by atoms with Crippen molar-refractivity contribution in [2.45, 2.75) is 6.04 Å². The molecule has 0 radical (unpaired) electrons. The van der Waals surface area contributed by atoms with Crippen LogP contribution in [0.15, 0.2) is 30.3 Å². The minimum absolute atomic E-state index is 0.520. The normalized spacial score (nSPS) is 11.0. The number of hydrogen-bond donors (Lipinski definition) is 1. The number of benzene rings is 1. The van der Waals surface area contributed by atoms with Gasteiger partial charge in [0.25, 0.3) is 0 Å². The average Bonchev–Trinajstić information content (AvgIpc) is 2.26. The van der Waals surface area contributed by atoms with Gasteiger partial charge in [-0.25, -0.2) is 4.79 Å². The van der Waals surface area contributed by atoms with Gasteiger partial charge >= 0.3 is 5.97 Å². The van der Waals surface area contributed by atoms with Crippen LogP contribution in [0.5, 0.6) is 0 Å². The van der Waals surface area contributed by atoms with Crippen molar-refractivity contribution in [3.63, 3.8) is 0 Å². The molecule has 0 heterocycles. The molecule has 0 fully saturated rings. The first kappa shape index (κ1) is 10.3. The van der Waals surface area contributed by atoms with Gasteiger partial charge in [0.2, 0.25) is 0 Å². The standard InChI is InChI=1S/C11H11NO2/c1-14-11(13)10(12)8-7-9-5-3-2-4-6-9/h2-6,10H,12H2,1H3/t10-/m0/s1. The van der Waals surface area contributed by atoms with Gasteiger partial charge in [-0.3, -0.25) is 0 Å². The fourth-order valence-corrected chi connectivity index (χ4v) is 0.868. The number of esters is 1. The quantitative estimate of drug-likeness (QED) is 0.518. The molecule has 0 aliphatic rings. The minimum Gasteiger partial charge on any atom is -0.467 e. The van der Waals surface area contributed by atoms with E-state index in [0.29, 0.717) is 0 Å². The maximum absolute atomic E-state index is 10.9. The Bertz CT molecular complexity index is 362. The molecule has 0 bridgehead atoms. The van der Waals surface area contributed by atoms with Gasteiger partial charge in [0.15, 0.2) is 6.04 Å². The average molecular weight is 189 g/mol. The van der Waals surface area contributed by atoms with Gasteiger partial charge in [-0.15, -0.1) is 0 Å². The van der Waals surface area contributed by atoms with Crippen LogP contribution in [0.3, 0.4) is 0 Å². The molecule has 0 spiro atoms. The first-order chi connectivity index (χ1) is 6.74. The Morgan fingerprint density at radius 3 is 2.64 bits per heavy atom. The largest absolute Gasteiger partial charge is 0.467 e. The molecule has 1 aromatic rings. The fourth-order valence-electron chi connectivity index (χ4n) is 0.868. The molecular formula is C11H11NO2. The summed E-state index contributed by atoms with van der Waals surface area (Å²) in [5.74, 6) is 4.87. The molecule has 1 aromatic carbocycles.